The van der Waals surface area contributed by atoms with Gasteiger partial charge in [0, 0.05) is 19.3 Å². The highest BCUT2D eigenvalue weighted by atomic mass is 19.3. The highest BCUT2D eigenvalue weighted by Crippen LogP contribution is 2.41. The van der Waals surface area contributed by atoms with Gasteiger partial charge in [0.25, 0.3) is 0 Å². The molecule has 0 bridgehead atoms. The lowest BCUT2D eigenvalue weighted by Crippen LogP contribution is -2.55. The molecule has 2 fully saturated rings. The molecule has 2 aliphatic rings. The standard InChI is InChI=1S/C25H31F5N2O4/c1-2-19(22(34)21(33)11-15-3-4-15)32-23(35)20(13-24(27,28)12-16-5-6-16)31-14-25(29,30)36-18-9-7-17(26)8-10-18/h7-10,15-16,19-20,31H,2-6,11-14H2,1H3,(H,32,35)/t19-,20-/m0/s1. The maximum Gasteiger partial charge on any atom is 0.410 e. The van der Waals surface area contributed by atoms with Crippen LogP contribution in [0.5, 0.6) is 5.75 Å². The average Bonchev–Trinajstić information content (AvgIpc) is 3.73. The predicted octanol–water partition coefficient (Wildman–Crippen LogP) is 4.41. The van der Waals surface area contributed by atoms with Crippen LogP contribution in [-0.4, -0.2) is 48.1 Å². The normalized spacial score (nSPS) is 17.8. The third-order valence-corrected chi connectivity index (χ3v) is 6.23. The average molecular weight is 519 g/mol. The fourth-order valence-electron chi connectivity index (χ4n) is 3.84. The van der Waals surface area contributed by atoms with Crippen molar-refractivity contribution in [1.29, 1.82) is 0 Å². The molecule has 3 rings (SSSR count). The summed E-state index contributed by atoms with van der Waals surface area (Å²) in [6.07, 6.45) is -2.38. The lowest BCUT2D eigenvalue weighted by Gasteiger charge is -2.27. The Morgan fingerprint density at radius 3 is 2.17 bits per heavy atom. The maximum atomic E-state index is 14.6. The van der Waals surface area contributed by atoms with Gasteiger partial charge in [0.05, 0.1) is 12.1 Å². The zero-order valence-corrected chi connectivity index (χ0v) is 20.0. The van der Waals surface area contributed by atoms with Gasteiger partial charge in [0.1, 0.15) is 18.1 Å². The number of hydrogen-bond acceptors (Lipinski definition) is 5. The monoisotopic (exact) mass is 518 g/mol. The number of Topliss-reactive ketones (excluding diaryl/α,β-unsaturated/α-hetero) is 2. The number of amides is 1. The van der Waals surface area contributed by atoms with Crippen LogP contribution in [-0.2, 0) is 14.4 Å². The molecule has 0 radical (unpaired) electrons. The number of hydrogen-bond donors (Lipinski definition) is 2. The fraction of sp³-hybridized carbons (Fsp3) is 0.640. The van der Waals surface area contributed by atoms with Gasteiger partial charge in [-0.3, -0.25) is 19.7 Å². The molecule has 2 atom stereocenters. The van der Waals surface area contributed by atoms with Gasteiger partial charge >= 0.3 is 6.11 Å². The quantitative estimate of drug-likeness (QED) is 0.250. The minimum Gasteiger partial charge on any atom is -0.432 e. The summed E-state index contributed by atoms with van der Waals surface area (Å²) in [5, 5.41) is 4.44. The summed E-state index contributed by atoms with van der Waals surface area (Å²) < 4.78 is 75.5. The lowest BCUT2D eigenvalue weighted by molar-refractivity contribution is -0.174. The van der Waals surface area contributed by atoms with Gasteiger partial charge in [0.2, 0.25) is 23.4 Å². The minimum atomic E-state index is -3.91. The number of carbonyl (C=O) groups is 3. The molecular weight excluding hydrogens is 487 g/mol. The first-order chi connectivity index (χ1) is 16.9. The molecule has 2 aliphatic carbocycles. The van der Waals surface area contributed by atoms with E-state index in [1.165, 1.54) is 0 Å². The summed E-state index contributed by atoms with van der Waals surface area (Å²) in [7, 11) is 0. The highest BCUT2D eigenvalue weighted by molar-refractivity contribution is 6.39. The van der Waals surface area contributed by atoms with Crippen molar-refractivity contribution in [3.8, 4) is 5.75 Å². The predicted molar refractivity (Wildman–Crippen MR) is 120 cm³/mol. The van der Waals surface area contributed by atoms with Gasteiger partial charge in [-0.15, -0.1) is 0 Å². The Labute approximate surface area is 206 Å². The number of ether oxygens (including phenoxy) is 1. The van der Waals surface area contributed by atoms with Gasteiger partial charge in [-0.2, -0.15) is 8.78 Å². The first-order valence-electron chi connectivity index (χ1n) is 12.2. The third-order valence-electron chi connectivity index (χ3n) is 6.23. The van der Waals surface area contributed by atoms with E-state index in [4.69, 9.17) is 0 Å². The summed E-state index contributed by atoms with van der Waals surface area (Å²) in [4.78, 5) is 37.5. The lowest BCUT2D eigenvalue weighted by atomic mass is 9.99. The van der Waals surface area contributed by atoms with Crippen LogP contribution in [0.15, 0.2) is 24.3 Å². The van der Waals surface area contributed by atoms with Crippen LogP contribution in [0, 0.1) is 17.7 Å². The van der Waals surface area contributed by atoms with E-state index in [0.717, 1.165) is 37.1 Å². The number of nitrogens with one attached hydrogen (secondary N) is 2. The van der Waals surface area contributed by atoms with Crippen molar-refractivity contribution < 1.29 is 41.1 Å². The van der Waals surface area contributed by atoms with Crippen molar-refractivity contribution in [1.82, 2.24) is 10.6 Å². The zero-order valence-electron chi connectivity index (χ0n) is 20.0. The fourth-order valence-corrected chi connectivity index (χ4v) is 3.84. The van der Waals surface area contributed by atoms with Crippen molar-refractivity contribution in [3.05, 3.63) is 30.1 Å². The zero-order chi connectivity index (χ0) is 26.5. The summed E-state index contributed by atoms with van der Waals surface area (Å²) in [5.74, 6) is -6.91. The Bertz CT molecular complexity index is 933. The Morgan fingerprint density at radius 1 is 1.00 bits per heavy atom. The highest BCUT2D eigenvalue weighted by Gasteiger charge is 2.43. The van der Waals surface area contributed by atoms with E-state index < -0.39 is 66.8 Å². The Balaban J connectivity index is 1.65. The Morgan fingerprint density at radius 2 is 1.61 bits per heavy atom. The molecule has 2 saturated carbocycles. The molecule has 1 aromatic carbocycles. The molecule has 2 N–H and O–H groups in total. The molecule has 0 aliphatic heterocycles. The largest absolute Gasteiger partial charge is 0.432 e. The van der Waals surface area contributed by atoms with E-state index in [1.54, 1.807) is 6.92 Å². The topological polar surface area (TPSA) is 84.5 Å². The number of alkyl halides is 4. The van der Waals surface area contributed by atoms with Gasteiger partial charge in [-0.05, 0) is 68.2 Å². The minimum absolute atomic E-state index is 0.0377. The summed E-state index contributed by atoms with van der Waals surface area (Å²) in [6.45, 7) is 0.245. The molecule has 0 spiro atoms. The molecule has 1 amide bonds. The molecule has 36 heavy (non-hydrogen) atoms. The molecule has 11 heteroatoms. The van der Waals surface area contributed by atoms with E-state index in [9.17, 15) is 36.3 Å². The number of carbonyl (C=O) groups excluding carboxylic acids is 3. The SMILES string of the molecule is CC[C@H](NC(=O)[C@H](CC(F)(F)CC1CC1)NCC(F)(F)Oc1ccc(F)cc1)C(=O)C(=O)CC1CC1. The number of ketones is 2. The van der Waals surface area contributed by atoms with Crippen LogP contribution < -0.4 is 15.4 Å². The number of rotatable bonds is 16. The molecule has 0 heterocycles. The summed E-state index contributed by atoms with van der Waals surface area (Å²) in [6, 6.07) is 0.781. The van der Waals surface area contributed by atoms with Crippen molar-refractivity contribution in [2.24, 2.45) is 11.8 Å². The smallest absolute Gasteiger partial charge is 0.410 e. The Hall–Kier alpha value is -2.56. The van der Waals surface area contributed by atoms with Crippen molar-refractivity contribution >= 4 is 17.5 Å². The van der Waals surface area contributed by atoms with Gasteiger partial charge < -0.3 is 10.1 Å². The van der Waals surface area contributed by atoms with E-state index in [1.807, 2.05) is 0 Å². The van der Waals surface area contributed by atoms with E-state index >= 15 is 0 Å². The van der Waals surface area contributed by atoms with Crippen molar-refractivity contribution in [2.75, 3.05) is 6.54 Å². The third kappa shape index (κ3) is 9.15. The van der Waals surface area contributed by atoms with Crippen LogP contribution in [0.2, 0.25) is 0 Å². The summed E-state index contributed by atoms with van der Waals surface area (Å²) in [5.41, 5.74) is 0. The molecule has 0 unspecified atom stereocenters. The number of halogens is 5. The van der Waals surface area contributed by atoms with Crippen molar-refractivity contribution in [3.63, 3.8) is 0 Å². The van der Waals surface area contributed by atoms with Crippen LogP contribution >= 0.6 is 0 Å². The second-order valence-corrected chi connectivity index (χ2v) is 9.74. The van der Waals surface area contributed by atoms with Crippen LogP contribution in [0.4, 0.5) is 22.0 Å². The van der Waals surface area contributed by atoms with E-state index in [-0.39, 0.29) is 30.4 Å². The molecule has 0 saturated heterocycles. The van der Waals surface area contributed by atoms with Crippen LogP contribution in [0.1, 0.15) is 58.3 Å². The van der Waals surface area contributed by atoms with Crippen LogP contribution in [0.25, 0.3) is 0 Å². The van der Waals surface area contributed by atoms with E-state index in [2.05, 4.69) is 15.4 Å². The first-order valence-corrected chi connectivity index (χ1v) is 12.2. The summed E-state index contributed by atoms with van der Waals surface area (Å²) >= 11 is 0. The number of benzene rings is 1. The molecule has 6 nitrogen and oxygen atoms in total. The Kier molecular flexibility index (Phi) is 9.08. The van der Waals surface area contributed by atoms with Crippen molar-refractivity contribution in [2.45, 2.75) is 82.4 Å². The van der Waals surface area contributed by atoms with Gasteiger partial charge in [-0.1, -0.05) is 6.92 Å². The second-order valence-electron chi connectivity index (χ2n) is 9.74. The van der Waals surface area contributed by atoms with Gasteiger partial charge in [-0.25, -0.2) is 13.2 Å². The first kappa shape index (κ1) is 28.0. The molecule has 1 aromatic rings. The van der Waals surface area contributed by atoms with Gasteiger partial charge in [0.15, 0.2) is 0 Å². The van der Waals surface area contributed by atoms with E-state index in [0.29, 0.717) is 12.8 Å². The second kappa shape index (κ2) is 11.7. The van der Waals surface area contributed by atoms with Crippen LogP contribution in [0.3, 0.4) is 0 Å². The maximum absolute atomic E-state index is 14.6. The molecule has 0 aromatic heterocycles. The molecule has 200 valence electrons. The molecular formula is C25H31F5N2O4.